The molecule has 0 saturated carbocycles. The van der Waals surface area contributed by atoms with Gasteiger partial charge in [-0.1, -0.05) is 31.2 Å². The Kier molecular flexibility index (Phi) is 5.12. The topological polar surface area (TPSA) is 62.3 Å². The first kappa shape index (κ1) is 17.1. The summed E-state index contributed by atoms with van der Waals surface area (Å²) in [5.74, 6) is -0.370. The summed E-state index contributed by atoms with van der Waals surface area (Å²) >= 11 is 0. The Bertz CT molecular complexity index is 774. The highest BCUT2D eigenvalue weighted by atomic mass is 16.2. The highest BCUT2D eigenvalue weighted by Crippen LogP contribution is 2.31. The molecule has 3 rings (SSSR count). The van der Waals surface area contributed by atoms with Crippen LogP contribution < -0.4 is 10.2 Å². The molecule has 5 heteroatoms. The monoisotopic (exact) mass is 337 g/mol. The number of carbonyl (C=O) groups is 2. The molecule has 1 aromatic carbocycles. The maximum absolute atomic E-state index is 12.5. The lowest BCUT2D eigenvalue weighted by molar-refractivity contribution is -0.126. The number of aromatic nitrogens is 1. The van der Waals surface area contributed by atoms with Crippen molar-refractivity contribution in [3.8, 4) is 0 Å². The number of pyridine rings is 1. The molecule has 1 saturated heterocycles. The highest BCUT2D eigenvalue weighted by molar-refractivity contribution is 6.01. The van der Waals surface area contributed by atoms with Crippen molar-refractivity contribution in [1.29, 1.82) is 0 Å². The van der Waals surface area contributed by atoms with Crippen LogP contribution in [-0.4, -0.2) is 23.3 Å². The van der Waals surface area contributed by atoms with Gasteiger partial charge < -0.3 is 10.2 Å². The number of carbonyl (C=O) groups excluding carboxylic acids is 2. The van der Waals surface area contributed by atoms with Gasteiger partial charge in [-0.3, -0.25) is 14.6 Å². The van der Waals surface area contributed by atoms with Crippen molar-refractivity contribution in [2.75, 3.05) is 11.4 Å². The third-order valence-electron chi connectivity index (χ3n) is 4.66. The van der Waals surface area contributed by atoms with E-state index >= 15 is 0 Å². The average molecular weight is 337 g/mol. The first-order valence-electron chi connectivity index (χ1n) is 8.65. The molecule has 130 valence electrons. The predicted octanol–water partition coefficient (Wildman–Crippen LogP) is 2.62. The first-order valence-corrected chi connectivity index (χ1v) is 8.65. The number of hydrogen-bond acceptors (Lipinski definition) is 3. The fourth-order valence-corrected chi connectivity index (χ4v) is 3.33. The molecule has 1 aromatic heterocycles. The lowest BCUT2D eigenvalue weighted by Crippen LogP contribution is -2.33. The first-order chi connectivity index (χ1) is 12.1. The Morgan fingerprint density at radius 3 is 2.88 bits per heavy atom. The minimum atomic E-state index is -0.312. The van der Waals surface area contributed by atoms with Crippen LogP contribution in [0.3, 0.4) is 0 Å². The van der Waals surface area contributed by atoms with Crippen molar-refractivity contribution in [3.63, 3.8) is 0 Å². The molecule has 2 aromatic rings. The molecular formula is C20H23N3O2. The van der Waals surface area contributed by atoms with Gasteiger partial charge in [-0.05, 0) is 36.1 Å². The molecule has 1 fully saturated rings. The number of amides is 2. The zero-order valence-electron chi connectivity index (χ0n) is 14.7. The van der Waals surface area contributed by atoms with Crippen LogP contribution in [0.15, 0.2) is 42.7 Å². The van der Waals surface area contributed by atoms with E-state index < -0.39 is 0 Å². The van der Waals surface area contributed by atoms with Crippen LogP contribution in [0.25, 0.3) is 0 Å². The van der Waals surface area contributed by atoms with Gasteiger partial charge >= 0.3 is 0 Å². The van der Waals surface area contributed by atoms with Gasteiger partial charge in [-0.2, -0.15) is 0 Å². The lowest BCUT2D eigenvalue weighted by Gasteiger charge is -2.22. The molecule has 2 heterocycles. The minimum absolute atomic E-state index is 0.0190. The summed E-state index contributed by atoms with van der Waals surface area (Å²) in [4.78, 5) is 30.8. The fourth-order valence-electron chi connectivity index (χ4n) is 3.33. The van der Waals surface area contributed by atoms with Crippen molar-refractivity contribution in [1.82, 2.24) is 10.3 Å². The standard InChI is InChI=1S/C20H23N3O2/c1-3-16-8-4-6-14(2)19(16)23-13-17(10-18(23)24)20(25)22-12-15-7-5-9-21-11-15/h4-9,11,17H,3,10,12-13H2,1-2H3,(H,22,25)/t17-/m0/s1. The van der Waals surface area contributed by atoms with E-state index in [0.717, 1.165) is 28.8 Å². The second kappa shape index (κ2) is 7.47. The largest absolute Gasteiger partial charge is 0.352 e. The molecule has 1 aliphatic rings. The van der Waals surface area contributed by atoms with Crippen molar-refractivity contribution in [3.05, 3.63) is 59.4 Å². The van der Waals surface area contributed by atoms with Crippen molar-refractivity contribution in [2.45, 2.75) is 33.2 Å². The lowest BCUT2D eigenvalue weighted by atomic mass is 10.0. The molecule has 25 heavy (non-hydrogen) atoms. The van der Waals surface area contributed by atoms with E-state index in [-0.39, 0.29) is 24.2 Å². The molecule has 5 nitrogen and oxygen atoms in total. The van der Waals surface area contributed by atoms with Crippen LogP contribution in [0.2, 0.25) is 0 Å². The van der Waals surface area contributed by atoms with Gasteiger partial charge in [0.1, 0.15) is 0 Å². The van der Waals surface area contributed by atoms with E-state index in [0.29, 0.717) is 13.1 Å². The Labute approximate surface area is 148 Å². The van der Waals surface area contributed by atoms with E-state index in [1.807, 2.05) is 37.3 Å². The number of para-hydroxylation sites is 1. The minimum Gasteiger partial charge on any atom is -0.352 e. The number of benzene rings is 1. The molecular weight excluding hydrogens is 314 g/mol. The summed E-state index contributed by atoms with van der Waals surface area (Å²) in [6.45, 7) is 4.96. The molecule has 1 aliphatic heterocycles. The summed E-state index contributed by atoms with van der Waals surface area (Å²) in [5, 5.41) is 2.92. The maximum atomic E-state index is 12.5. The summed E-state index contributed by atoms with van der Waals surface area (Å²) in [7, 11) is 0. The quantitative estimate of drug-likeness (QED) is 0.912. The number of aryl methyl sites for hydroxylation is 2. The molecule has 1 atom stereocenters. The Morgan fingerprint density at radius 1 is 1.32 bits per heavy atom. The van der Waals surface area contributed by atoms with Gasteiger partial charge in [0.25, 0.3) is 0 Å². The van der Waals surface area contributed by atoms with Crippen LogP contribution in [-0.2, 0) is 22.6 Å². The van der Waals surface area contributed by atoms with Crippen molar-refractivity contribution in [2.24, 2.45) is 5.92 Å². The van der Waals surface area contributed by atoms with Crippen molar-refractivity contribution >= 4 is 17.5 Å². The second-order valence-electron chi connectivity index (χ2n) is 6.42. The molecule has 0 spiro atoms. The van der Waals surface area contributed by atoms with E-state index in [9.17, 15) is 9.59 Å². The van der Waals surface area contributed by atoms with E-state index in [1.54, 1.807) is 17.3 Å². The Balaban J connectivity index is 1.69. The molecule has 2 amide bonds. The zero-order valence-corrected chi connectivity index (χ0v) is 14.7. The van der Waals surface area contributed by atoms with Gasteiger partial charge in [-0.25, -0.2) is 0 Å². The maximum Gasteiger partial charge on any atom is 0.227 e. The summed E-state index contributed by atoms with van der Waals surface area (Å²) in [6, 6.07) is 9.83. The molecule has 1 N–H and O–H groups in total. The van der Waals surface area contributed by atoms with Crippen molar-refractivity contribution < 1.29 is 9.59 Å². The number of anilines is 1. The van der Waals surface area contributed by atoms with Gasteiger partial charge in [0.05, 0.1) is 5.92 Å². The van der Waals surface area contributed by atoms with Crippen LogP contribution in [0, 0.1) is 12.8 Å². The molecule has 0 aliphatic carbocycles. The van der Waals surface area contributed by atoms with E-state index in [1.165, 1.54) is 0 Å². The fraction of sp³-hybridized carbons (Fsp3) is 0.350. The highest BCUT2D eigenvalue weighted by Gasteiger charge is 2.36. The number of hydrogen-bond donors (Lipinski definition) is 1. The Morgan fingerprint density at radius 2 is 2.16 bits per heavy atom. The predicted molar refractivity (Wildman–Crippen MR) is 97.1 cm³/mol. The van der Waals surface area contributed by atoms with Crippen LogP contribution in [0.1, 0.15) is 30.0 Å². The molecule has 0 radical (unpaired) electrons. The van der Waals surface area contributed by atoms with E-state index in [2.05, 4.69) is 17.2 Å². The molecule has 0 bridgehead atoms. The summed E-state index contributed by atoms with van der Waals surface area (Å²) < 4.78 is 0. The van der Waals surface area contributed by atoms with Crippen LogP contribution in [0.5, 0.6) is 0 Å². The third kappa shape index (κ3) is 3.71. The second-order valence-corrected chi connectivity index (χ2v) is 6.42. The summed E-state index contributed by atoms with van der Waals surface area (Å²) in [5.41, 5.74) is 4.13. The van der Waals surface area contributed by atoms with Crippen LogP contribution in [0.4, 0.5) is 5.69 Å². The smallest absolute Gasteiger partial charge is 0.227 e. The Hall–Kier alpha value is -2.69. The van der Waals surface area contributed by atoms with Gasteiger partial charge in [0.15, 0.2) is 0 Å². The third-order valence-corrected chi connectivity index (χ3v) is 4.66. The van der Waals surface area contributed by atoms with Gasteiger partial charge in [-0.15, -0.1) is 0 Å². The number of nitrogens with one attached hydrogen (secondary N) is 1. The number of nitrogens with zero attached hydrogens (tertiary/aromatic N) is 2. The van der Waals surface area contributed by atoms with Crippen LogP contribution >= 0.6 is 0 Å². The van der Waals surface area contributed by atoms with Gasteiger partial charge in [0, 0.05) is 37.6 Å². The normalized spacial score (nSPS) is 17.0. The zero-order chi connectivity index (χ0) is 17.8. The average Bonchev–Trinajstić information content (AvgIpc) is 3.01. The number of rotatable bonds is 5. The SMILES string of the molecule is CCc1cccc(C)c1N1C[C@@H](C(=O)NCc2cccnc2)CC1=O. The molecule has 0 unspecified atom stereocenters. The van der Waals surface area contributed by atoms with Gasteiger partial charge in [0.2, 0.25) is 11.8 Å². The summed E-state index contributed by atoms with van der Waals surface area (Å²) in [6.07, 6.45) is 4.55. The van der Waals surface area contributed by atoms with E-state index in [4.69, 9.17) is 0 Å².